The summed E-state index contributed by atoms with van der Waals surface area (Å²) >= 11 is 4.98. The number of nitrogens with zero attached hydrogens (tertiary/aromatic N) is 1. The number of hydrogen-bond donors (Lipinski definition) is 1. The van der Waals surface area contributed by atoms with Crippen molar-refractivity contribution in [3.63, 3.8) is 0 Å². The van der Waals surface area contributed by atoms with Crippen LogP contribution in [0.2, 0.25) is 0 Å². The summed E-state index contributed by atoms with van der Waals surface area (Å²) in [5.41, 5.74) is 3.54. The van der Waals surface area contributed by atoms with Gasteiger partial charge in [-0.3, -0.25) is 4.79 Å². The van der Waals surface area contributed by atoms with Gasteiger partial charge in [0.15, 0.2) is 0 Å². The third kappa shape index (κ3) is 4.42. The van der Waals surface area contributed by atoms with Gasteiger partial charge in [0.25, 0.3) is 0 Å². The molecule has 0 saturated heterocycles. The zero-order valence-electron chi connectivity index (χ0n) is 18.0. The van der Waals surface area contributed by atoms with E-state index in [0.717, 1.165) is 44.6 Å². The molecule has 1 unspecified atom stereocenters. The second-order valence-electron chi connectivity index (χ2n) is 8.06. The fourth-order valence-electron chi connectivity index (χ4n) is 4.03. The number of aromatic nitrogens is 1. The van der Waals surface area contributed by atoms with Crippen molar-refractivity contribution in [2.45, 2.75) is 31.1 Å². The molecular weight excluding hydrogens is 456 g/mol. The molecule has 4 nitrogen and oxygen atoms in total. The maximum atomic E-state index is 12.9. The zero-order chi connectivity index (χ0) is 22.1. The smallest absolute Gasteiger partial charge is 0.235 e. The normalized spacial score (nSPS) is 15.5. The number of methoxy groups -OCH3 is 1. The van der Waals surface area contributed by atoms with Crippen LogP contribution >= 0.6 is 34.4 Å². The van der Waals surface area contributed by atoms with Crippen LogP contribution in [0.5, 0.6) is 5.75 Å². The number of thiazole rings is 1. The quantitative estimate of drug-likeness (QED) is 0.305. The van der Waals surface area contributed by atoms with E-state index in [1.165, 1.54) is 33.3 Å². The molecule has 0 spiro atoms. The molecule has 0 bridgehead atoms. The van der Waals surface area contributed by atoms with E-state index >= 15 is 0 Å². The number of carbonyl (C=O) groups excluding carboxylic acids is 1. The van der Waals surface area contributed by atoms with Gasteiger partial charge in [0.2, 0.25) is 5.91 Å². The van der Waals surface area contributed by atoms with Gasteiger partial charge in [0.05, 0.1) is 23.1 Å². The molecule has 32 heavy (non-hydrogen) atoms. The third-order valence-electron chi connectivity index (χ3n) is 5.70. The average Bonchev–Trinajstić information content (AvgIpc) is 3.38. The van der Waals surface area contributed by atoms with Crippen molar-refractivity contribution >= 4 is 55.6 Å². The average molecular weight is 481 g/mol. The lowest BCUT2D eigenvalue weighted by molar-refractivity contribution is -0.113. The highest BCUT2D eigenvalue weighted by Gasteiger charge is 2.27. The van der Waals surface area contributed by atoms with E-state index in [0.29, 0.717) is 11.7 Å². The number of amides is 1. The van der Waals surface area contributed by atoms with Gasteiger partial charge < -0.3 is 10.1 Å². The van der Waals surface area contributed by atoms with Crippen LogP contribution in [0, 0.1) is 5.92 Å². The largest absolute Gasteiger partial charge is 0.497 e. The molecule has 2 aromatic carbocycles. The fourth-order valence-corrected chi connectivity index (χ4v) is 7.26. The topological polar surface area (TPSA) is 51.2 Å². The summed E-state index contributed by atoms with van der Waals surface area (Å²) in [4.78, 5) is 20.2. The predicted octanol–water partition coefficient (Wildman–Crippen LogP) is 6.89. The van der Waals surface area contributed by atoms with Crippen molar-refractivity contribution in [1.29, 1.82) is 0 Å². The Morgan fingerprint density at radius 1 is 1.19 bits per heavy atom. The van der Waals surface area contributed by atoms with Gasteiger partial charge in [-0.15, -0.1) is 34.4 Å². The number of rotatable bonds is 6. The van der Waals surface area contributed by atoms with Crippen molar-refractivity contribution in [1.82, 2.24) is 4.98 Å². The molecule has 7 heteroatoms. The Hall–Kier alpha value is -2.35. The lowest BCUT2D eigenvalue weighted by atomic mass is 9.88. The SMILES string of the molecule is COc1ccc(SCC(=O)Nc2sc3c(c2-c2nc4ccccc4s2)CCC(C)C3)cc1. The second-order valence-corrected chi connectivity index (χ2v) is 11.2. The van der Waals surface area contributed by atoms with Gasteiger partial charge in [0.1, 0.15) is 15.8 Å². The second kappa shape index (κ2) is 9.25. The minimum atomic E-state index is 0.0137. The molecule has 5 rings (SSSR count). The van der Waals surface area contributed by atoms with E-state index in [1.54, 1.807) is 29.8 Å². The van der Waals surface area contributed by atoms with Crippen molar-refractivity contribution < 1.29 is 9.53 Å². The number of ether oxygens (including phenoxy) is 1. The molecule has 1 aliphatic carbocycles. The molecule has 0 radical (unpaired) electrons. The summed E-state index contributed by atoms with van der Waals surface area (Å²) in [5.74, 6) is 1.88. The van der Waals surface area contributed by atoms with Crippen molar-refractivity contribution in [2.75, 3.05) is 18.2 Å². The molecule has 1 N–H and O–H groups in total. The molecule has 2 heterocycles. The number of thioether (sulfide) groups is 1. The van der Waals surface area contributed by atoms with Crippen molar-refractivity contribution in [3.05, 3.63) is 59.0 Å². The Morgan fingerprint density at radius 3 is 2.78 bits per heavy atom. The van der Waals surface area contributed by atoms with Gasteiger partial charge in [-0.1, -0.05) is 19.1 Å². The van der Waals surface area contributed by atoms with E-state index < -0.39 is 0 Å². The van der Waals surface area contributed by atoms with Crippen molar-refractivity contribution in [3.8, 4) is 16.3 Å². The Balaban J connectivity index is 1.40. The first-order valence-electron chi connectivity index (χ1n) is 10.7. The number of benzene rings is 2. The highest BCUT2D eigenvalue weighted by molar-refractivity contribution is 8.00. The summed E-state index contributed by atoms with van der Waals surface area (Å²) in [5, 5.41) is 5.18. The first kappa shape index (κ1) is 21.5. The number of nitrogens with one attached hydrogen (secondary N) is 1. The van der Waals surface area contributed by atoms with Gasteiger partial charge in [-0.2, -0.15) is 0 Å². The van der Waals surface area contributed by atoms with Crippen LogP contribution < -0.4 is 10.1 Å². The number of anilines is 1. The number of thiophene rings is 1. The van der Waals surface area contributed by atoms with Crippen LogP contribution in [0.4, 0.5) is 5.00 Å². The lowest BCUT2D eigenvalue weighted by Gasteiger charge is -2.18. The number of hydrogen-bond acceptors (Lipinski definition) is 6. The van der Waals surface area contributed by atoms with E-state index in [2.05, 4.69) is 24.4 Å². The maximum Gasteiger partial charge on any atom is 0.235 e. The van der Waals surface area contributed by atoms with E-state index in [4.69, 9.17) is 9.72 Å². The van der Waals surface area contributed by atoms with E-state index in [9.17, 15) is 4.79 Å². The molecule has 1 atom stereocenters. The molecular formula is C25H24N2O2S3. The highest BCUT2D eigenvalue weighted by atomic mass is 32.2. The van der Waals surface area contributed by atoms with Gasteiger partial charge >= 0.3 is 0 Å². The Bertz CT molecular complexity index is 1230. The Kier molecular flexibility index (Phi) is 6.22. The Morgan fingerprint density at radius 2 is 2.00 bits per heavy atom. The van der Waals surface area contributed by atoms with Gasteiger partial charge in [0, 0.05) is 15.3 Å². The Labute approximate surface area is 200 Å². The lowest BCUT2D eigenvalue weighted by Crippen LogP contribution is -2.13. The zero-order valence-corrected chi connectivity index (χ0v) is 20.5. The van der Waals surface area contributed by atoms with Crippen LogP contribution in [-0.2, 0) is 17.6 Å². The summed E-state index contributed by atoms with van der Waals surface area (Å²) in [6.45, 7) is 2.31. The molecule has 1 aliphatic rings. The molecule has 0 fully saturated rings. The van der Waals surface area contributed by atoms with E-state index in [1.807, 2.05) is 36.4 Å². The summed E-state index contributed by atoms with van der Waals surface area (Å²) in [6.07, 6.45) is 3.31. The monoisotopic (exact) mass is 480 g/mol. The first-order chi connectivity index (χ1) is 15.6. The van der Waals surface area contributed by atoms with Crippen LogP contribution in [0.25, 0.3) is 20.8 Å². The maximum absolute atomic E-state index is 12.9. The highest BCUT2D eigenvalue weighted by Crippen LogP contribution is 2.47. The van der Waals surface area contributed by atoms with E-state index in [-0.39, 0.29) is 5.91 Å². The van der Waals surface area contributed by atoms with Gasteiger partial charge in [-0.05, 0) is 67.1 Å². The fraction of sp³-hybridized carbons (Fsp3) is 0.280. The molecule has 1 amide bonds. The third-order valence-corrected chi connectivity index (χ3v) is 8.94. The molecule has 0 saturated carbocycles. The number of carbonyl (C=O) groups is 1. The summed E-state index contributed by atoms with van der Waals surface area (Å²) < 4.78 is 6.39. The molecule has 4 aromatic rings. The van der Waals surface area contributed by atoms with Crippen LogP contribution in [0.3, 0.4) is 0 Å². The van der Waals surface area contributed by atoms with Crippen LogP contribution in [0.1, 0.15) is 23.8 Å². The summed E-state index contributed by atoms with van der Waals surface area (Å²) in [7, 11) is 1.65. The number of para-hydroxylation sites is 1. The van der Waals surface area contributed by atoms with Crippen molar-refractivity contribution in [2.24, 2.45) is 5.92 Å². The van der Waals surface area contributed by atoms with Crippen LogP contribution in [-0.4, -0.2) is 23.8 Å². The molecule has 2 aromatic heterocycles. The predicted molar refractivity (Wildman–Crippen MR) is 136 cm³/mol. The minimum Gasteiger partial charge on any atom is -0.497 e. The molecule has 0 aliphatic heterocycles. The first-order valence-corrected chi connectivity index (χ1v) is 13.3. The minimum absolute atomic E-state index is 0.0137. The number of fused-ring (bicyclic) bond motifs is 2. The molecule has 164 valence electrons. The standard InChI is InChI=1S/C25H24N2O2S3/c1-15-7-12-18-21(13-15)32-25(23(18)24-26-19-5-3-4-6-20(19)31-24)27-22(28)14-30-17-10-8-16(29-2)9-11-17/h3-6,8-11,15H,7,12-14H2,1-2H3,(H,27,28). The summed E-state index contributed by atoms with van der Waals surface area (Å²) in [6, 6.07) is 16.0. The van der Waals surface area contributed by atoms with Crippen LogP contribution in [0.15, 0.2) is 53.4 Å². The van der Waals surface area contributed by atoms with Gasteiger partial charge in [-0.25, -0.2) is 4.98 Å².